The van der Waals surface area contributed by atoms with Crippen molar-refractivity contribution in [3.63, 3.8) is 0 Å². The fourth-order valence-electron chi connectivity index (χ4n) is 3.77. The molecule has 1 saturated carbocycles. The Kier molecular flexibility index (Phi) is 7.60. The first-order valence-electron chi connectivity index (χ1n) is 10.5. The van der Waals surface area contributed by atoms with Crippen molar-refractivity contribution in [2.75, 3.05) is 13.1 Å². The molecule has 8 nitrogen and oxygen atoms in total. The molecule has 1 fully saturated rings. The lowest BCUT2D eigenvalue weighted by molar-refractivity contribution is -0.192. The number of furan rings is 1. The highest BCUT2D eigenvalue weighted by Crippen LogP contribution is 2.27. The number of hydrogen-bond acceptors (Lipinski definition) is 5. The molecule has 2 aromatic heterocycles. The minimum Gasteiger partial charge on any atom is -0.475 e. The van der Waals surface area contributed by atoms with E-state index in [1.165, 1.54) is 12.1 Å². The molecule has 32 heavy (non-hydrogen) atoms. The lowest BCUT2D eigenvalue weighted by Crippen LogP contribution is -2.40. The van der Waals surface area contributed by atoms with E-state index in [9.17, 15) is 18.0 Å². The van der Waals surface area contributed by atoms with E-state index in [2.05, 4.69) is 32.1 Å². The number of nitrogens with zero attached hydrogens (tertiary/aromatic N) is 3. The van der Waals surface area contributed by atoms with Crippen molar-refractivity contribution in [2.45, 2.75) is 57.9 Å². The number of carboxylic acids is 1. The second kappa shape index (κ2) is 10.2. The maximum absolute atomic E-state index is 12.0. The van der Waals surface area contributed by atoms with E-state index in [-0.39, 0.29) is 17.9 Å². The highest BCUT2D eigenvalue weighted by molar-refractivity contribution is 5.79. The Bertz CT molecular complexity index is 920. The van der Waals surface area contributed by atoms with Crippen molar-refractivity contribution >= 4 is 11.9 Å². The van der Waals surface area contributed by atoms with Crippen molar-refractivity contribution in [3.8, 4) is 0 Å². The summed E-state index contributed by atoms with van der Waals surface area (Å²) in [6.07, 6.45) is 0.985. The van der Waals surface area contributed by atoms with Crippen molar-refractivity contribution < 1.29 is 32.3 Å². The highest BCUT2D eigenvalue weighted by atomic mass is 19.4. The molecule has 2 aliphatic rings. The Balaban J connectivity index is 0.000000360. The third-order valence-electron chi connectivity index (χ3n) is 5.62. The van der Waals surface area contributed by atoms with Gasteiger partial charge in [0.15, 0.2) is 0 Å². The number of hydrogen-bond donors (Lipinski definition) is 2. The number of amides is 1. The number of rotatable bonds is 6. The first-order valence-corrected chi connectivity index (χ1v) is 10.5. The van der Waals surface area contributed by atoms with E-state index >= 15 is 0 Å². The Morgan fingerprint density at radius 3 is 2.56 bits per heavy atom. The van der Waals surface area contributed by atoms with Gasteiger partial charge in [0.2, 0.25) is 5.91 Å². The molecule has 0 bridgehead atoms. The minimum atomic E-state index is -5.08. The van der Waals surface area contributed by atoms with Gasteiger partial charge in [-0.05, 0) is 44.4 Å². The Labute approximate surface area is 183 Å². The van der Waals surface area contributed by atoms with Gasteiger partial charge in [0.1, 0.15) is 11.5 Å². The van der Waals surface area contributed by atoms with Gasteiger partial charge in [-0.15, -0.1) is 0 Å². The summed E-state index contributed by atoms with van der Waals surface area (Å²) >= 11 is 0. The van der Waals surface area contributed by atoms with Crippen molar-refractivity contribution in [1.29, 1.82) is 0 Å². The molecule has 2 aromatic rings. The summed E-state index contributed by atoms with van der Waals surface area (Å²) in [5, 5.41) is 14.7. The molecule has 1 amide bonds. The summed E-state index contributed by atoms with van der Waals surface area (Å²) in [6.45, 7) is 5.30. The summed E-state index contributed by atoms with van der Waals surface area (Å²) in [4.78, 5) is 23.3. The van der Waals surface area contributed by atoms with Crippen LogP contribution in [-0.4, -0.2) is 50.9 Å². The molecular formula is C21H27F3N4O4. The van der Waals surface area contributed by atoms with Crippen LogP contribution < -0.4 is 5.32 Å². The molecular weight excluding hydrogens is 429 g/mol. The average Bonchev–Trinajstić information content (AvgIpc) is 3.29. The van der Waals surface area contributed by atoms with Gasteiger partial charge in [0.05, 0.1) is 18.3 Å². The molecule has 11 heteroatoms. The van der Waals surface area contributed by atoms with Crippen LogP contribution in [0.1, 0.15) is 48.9 Å². The van der Waals surface area contributed by atoms with Crippen LogP contribution in [0.25, 0.3) is 0 Å². The largest absolute Gasteiger partial charge is 0.490 e. The number of carbonyl (C=O) groups is 2. The predicted molar refractivity (Wildman–Crippen MR) is 107 cm³/mol. The number of fused-ring (bicyclic) bond motifs is 1. The van der Waals surface area contributed by atoms with E-state index < -0.39 is 12.1 Å². The number of aliphatic carboxylic acids is 1. The van der Waals surface area contributed by atoms with Crippen LogP contribution in [0.3, 0.4) is 0 Å². The van der Waals surface area contributed by atoms with Crippen LogP contribution in [0.4, 0.5) is 13.2 Å². The number of alkyl halides is 3. The number of nitrogens with one attached hydrogen (secondary N) is 1. The zero-order valence-electron chi connectivity index (χ0n) is 17.8. The molecule has 0 radical (unpaired) electrons. The number of aryl methyl sites for hydroxylation is 1. The maximum atomic E-state index is 12.0. The summed E-state index contributed by atoms with van der Waals surface area (Å²) < 4.78 is 39.6. The van der Waals surface area contributed by atoms with Gasteiger partial charge in [-0.3, -0.25) is 14.4 Å². The van der Waals surface area contributed by atoms with E-state index in [1.54, 1.807) is 0 Å². The van der Waals surface area contributed by atoms with Gasteiger partial charge in [-0.1, -0.05) is 6.42 Å². The highest BCUT2D eigenvalue weighted by Gasteiger charge is 2.38. The molecule has 0 aromatic carbocycles. The molecule has 2 N–H and O–H groups in total. The van der Waals surface area contributed by atoms with E-state index in [0.717, 1.165) is 50.4 Å². The quantitative estimate of drug-likeness (QED) is 0.692. The van der Waals surface area contributed by atoms with Crippen LogP contribution >= 0.6 is 0 Å². The molecule has 3 heterocycles. The third kappa shape index (κ3) is 6.35. The van der Waals surface area contributed by atoms with E-state index in [4.69, 9.17) is 14.3 Å². The fourth-order valence-corrected chi connectivity index (χ4v) is 3.77. The molecule has 4 rings (SSSR count). The molecule has 1 aliphatic heterocycles. The van der Waals surface area contributed by atoms with Gasteiger partial charge in [0.25, 0.3) is 0 Å². The van der Waals surface area contributed by atoms with Gasteiger partial charge in [0, 0.05) is 31.7 Å². The third-order valence-corrected chi connectivity index (χ3v) is 5.62. The molecule has 0 spiro atoms. The first kappa shape index (κ1) is 23.8. The monoisotopic (exact) mass is 456 g/mol. The number of carbonyl (C=O) groups excluding carboxylic acids is 1. The lowest BCUT2D eigenvalue weighted by atomic mass is 9.85. The van der Waals surface area contributed by atoms with Gasteiger partial charge < -0.3 is 14.8 Å². The molecule has 1 unspecified atom stereocenters. The fraction of sp³-hybridized carbons (Fsp3) is 0.571. The summed E-state index contributed by atoms with van der Waals surface area (Å²) in [5.74, 6) is -0.321. The minimum absolute atomic E-state index is 0.227. The smallest absolute Gasteiger partial charge is 0.475 e. The summed E-state index contributed by atoms with van der Waals surface area (Å²) in [7, 11) is 0. The molecule has 1 aliphatic carbocycles. The van der Waals surface area contributed by atoms with Gasteiger partial charge in [-0.2, -0.15) is 18.3 Å². The normalized spacial score (nSPS) is 18.8. The maximum Gasteiger partial charge on any atom is 0.490 e. The van der Waals surface area contributed by atoms with E-state index in [0.29, 0.717) is 6.54 Å². The standard InChI is InChI=1S/C19H26N4O2.C2HF3O2/c1-14-5-6-18(25-14)13-22-11-16(23-17(12-22)8-10-21-23)7-9-20-19(24)15-3-2-4-15;3-2(4,5)1(6)7/h5-6,8,10,15-16H,2-4,7,9,11-13H2,1H3,(H,20,24);(H,6,7). The molecule has 1 atom stereocenters. The summed E-state index contributed by atoms with van der Waals surface area (Å²) in [6, 6.07) is 6.43. The van der Waals surface area contributed by atoms with Crippen molar-refractivity contribution in [1.82, 2.24) is 20.0 Å². The zero-order valence-corrected chi connectivity index (χ0v) is 17.8. The van der Waals surface area contributed by atoms with Crippen molar-refractivity contribution in [2.24, 2.45) is 5.92 Å². The first-order chi connectivity index (χ1) is 15.1. The topological polar surface area (TPSA) is 101 Å². The van der Waals surface area contributed by atoms with Crippen molar-refractivity contribution in [3.05, 3.63) is 41.6 Å². The molecule has 176 valence electrons. The van der Waals surface area contributed by atoms with Crippen LogP contribution in [0.15, 0.2) is 28.8 Å². The summed E-state index contributed by atoms with van der Waals surface area (Å²) in [5.41, 5.74) is 1.23. The predicted octanol–water partition coefficient (Wildman–Crippen LogP) is 3.28. The van der Waals surface area contributed by atoms with E-state index in [1.807, 2.05) is 19.2 Å². The Morgan fingerprint density at radius 2 is 2.00 bits per heavy atom. The SMILES string of the molecule is Cc1ccc(CN2Cc3ccnn3C(CCNC(=O)C3CCC3)C2)o1.O=C(O)C(F)(F)F. The van der Waals surface area contributed by atoms with Crippen LogP contribution in [0.2, 0.25) is 0 Å². The van der Waals surface area contributed by atoms with Crippen LogP contribution in [-0.2, 0) is 22.7 Å². The number of carboxylic acid groups (broad SMARTS) is 1. The lowest BCUT2D eigenvalue weighted by Gasteiger charge is -2.33. The number of halogens is 3. The average molecular weight is 456 g/mol. The Morgan fingerprint density at radius 1 is 1.28 bits per heavy atom. The molecule has 0 saturated heterocycles. The number of aromatic nitrogens is 2. The van der Waals surface area contributed by atoms with Gasteiger partial charge >= 0.3 is 12.1 Å². The van der Waals surface area contributed by atoms with Crippen LogP contribution in [0.5, 0.6) is 0 Å². The second-order valence-corrected chi connectivity index (χ2v) is 8.11. The van der Waals surface area contributed by atoms with Gasteiger partial charge in [-0.25, -0.2) is 4.79 Å². The Hall–Kier alpha value is -2.82. The zero-order chi connectivity index (χ0) is 23.3. The van der Waals surface area contributed by atoms with Crippen LogP contribution in [0, 0.1) is 12.8 Å². The second-order valence-electron chi connectivity index (χ2n) is 8.11.